The summed E-state index contributed by atoms with van der Waals surface area (Å²) in [4.78, 5) is 24.8. The van der Waals surface area contributed by atoms with E-state index in [2.05, 4.69) is 5.32 Å². The van der Waals surface area contributed by atoms with Crippen LogP contribution in [0.3, 0.4) is 0 Å². The number of nitrogens with one attached hydrogen (secondary N) is 1. The molecule has 1 unspecified atom stereocenters. The molecule has 2 heterocycles. The van der Waals surface area contributed by atoms with Crippen LogP contribution in [0.5, 0.6) is 0 Å². The average Bonchev–Trinajstić information content (AvgIpc) is 3.13. The Bertz CT molecular complexity index is 821. The first-order valence-corrected chi connectivity index (χ1v) is 8.18. The fraction of sp³-hybridized carbons (Fsp3) is 0.263. The number of hydrogen-bond acceptors (Lipinski definition) is 3. The molecule has 1 aliphatic rings. The van der Waals surface area contributed by atoms with E-state index in [0.29, 0.717) is 18.7 Å². The molecule has 6 heteroatoms. The third-order valence-corrected chi connectivity index (χ3v) is 4.00. The first-order chi connectivity index (χ1) is 12.1. The van der Waals surface area contributed by atoms with Crippen LogP contribution >= 0.6 is 0 Å². The number of rotatable bonds is 5. The lowest BCUT2D eigenvalue weighted by molar-refractivity contribution is -0.116. The molecular weight excluding hydrogens is 323 g/mol. The number of amides is 1. The van der Waals surface area contributed by atoms with Gasteiger partial charge in [0.15, 0.2) is 0 Å². The Balaban J connectivity index is 1.88. The van der Waals surface area contributed by atoms with Crippen LogP contribution in [0, 0.1) is 5.82 Å². The van der Waals surface area contributed by atoms with Gasteiger partial charge in [-0.2, -0.15) is 0 Å². The first kappa shape index (κ1) is 17.1. The van der Waals surface area contributed by atoms with E-state index in [1.165, 1.54) is 29.0 Å². The van der Waals surface area contributed by atoms with Crippen molar-refractivity contribution in [1.29, 1.82) is 0 Å². The van der Waals surface area contributed by atoms with Crippen LogP contribution in [-0.2, 0) is 9.53 Å². The minimum Gasteiger partial charge on any atom is -0.376 e. The summed E-state index contributed by atoms with van der Waals surface area (Å²) in [7, 11) is 0. The highest BCUT2D eigenvalue weighted by molar-refractivity contribution is 6.18. The van der Waals surface area contributed by atoms with Crippen molar-refractivity contribution in [2.45, 2.75) is 18.9 Å². The molecule has 2 aromatic rings. The Morgan fingerprint density at radius 3 is 2.76 bits per heavy atom. The molecule has 1 atom stereocenters. The van der Waals surface area contributed by atoms with Crippen molar-refractivity contribution in [1.82, 2.24) is 9.88 Å². The molecule has 1 aliphatic heterocycles. The zero-order valence-corrected chi connectivity index (χ0v) is 13.7. The number of carbonyl (C=O) groups excluding carboxylic acids is 1. The number of aromatic nitrogens is 1. The lowest BCUT2D eigenvalue weighted by Crippen LogP contribution is -2.35. The van der Waals surface area contributed by atoms with Crippen molar-refractivity contribution in [3.63, 3.8) is 0 Å². The summed E-state index contributed by atoms with van der Waals surface area (Å²) in [6.45, 7) is 1.10. The van der Waals surface area contributed by atoms with Gasteiger partial charge in [-0.25, -0.2) is 4.39 Å². The normalized spacial score (nSPS) is 17.5. The Morgan fingerprint density at radius 1 is 1.28 bits per heavy atom. The van der Waals surface area contributed by atoms with Gasteiger partial charge < -0.3 is 10.1 Å². The van der Waals surface area contributed by atoms with Crippen LogP contribution in [0.2, 0.25) is 0 Å². The summed E-state index contributed by atoms with van der Waals surface area (Å²) in [6.07, 6.45) is 4.98. The molecule has 130 valence electrons. The summed E-state index contributed by atoms with van der Waals surface area (Å²) in [5.41, 5.74) is 0.484. The van der Waals surface area contributed by atoms with Gasteiger partial charge in [-0.1, -0.05) is 18.2 Å². The molecule has 0 bridgehead atoms. The van der Waals surface area contributed by atoms with Gasteiger partial charge in [-0.3, -0.25) is 14.2 Å². The van der Waals surface area contributed by atoms with Crippen LogP contribution in [0.25, 0.3) is 11.8 Å². The fourth-order valence-corrected chi connectivity index (χ4v) is 2.69. The molecule has 1 saturated heterocycles. The molecular formula is C19H19FN2O3. The van der Waals surface area contributed by atoms with Gasteiger partial charge in [-0.05, 0) is 42.7 Å². The number of ether oxygens (including phenoxy) is 1. The van der Waals surface area contributed by atoms with Gasteiger partial charge >= 0.3 is 0 Å². The molecule has 0 aliphatic carbocycles. The molecule has 1 amide bonds. The summed E-state index contributed by atoms with van der Waals surface area (Å²) in [5.74, 6) is -0.744. The van der Waals surface area contributed by atoms with Crippen LogP contribution in [0.15, 0.2) is 53.5 Å². The Labute approximate surface area is 144 Å². The van der Waals surface area contributed by atoms with E-state index in [0.717, 1.165) is 12.8 Å². The number of pyridine rings is 1. The Hall–Kier alpha value is -2.73. The topological polar surface area (TPSA) is 60.3 Å². The quantitative estimate of drug-likeness (QED) is 0.848. The van der Waals surface area contributed by atoms with Crippen molar-refractivity contribution in [3.05, 3.63) is 70.4 Å². The molecule has 0 radical (unpaired) electrons. The van der Waals surface area contributed by atoms with Crippen molar-refractivity contribution in [3.8, 4) is 0 Å². The van der Waals surface area contributed by atoms with Crippen molar-refractivity contribution in [2.75, 3.05) is 13.2 Å². The molecule has 0 spiro atoms. The molecule has 1 aromatic heterocycles. The van der Waals surface area contributed by atoms with Crippen LogP contribution < -0.4 is 10.9 Å². The second-order valence-electron chi connectivity index (χ2n) is 5.84. The highest BCUT2D eigenvalue weighted by Crippen LogP contribution is 2.13. The van der Waals surface area contributed by atoms with Crippen LogP contribution in [-0.4, -0.2) is 29.7 Å². The Morgan fingerprint density at radius 2 is 2.08 bits per heavy atom. The van der Waals surface area contributed by atoms with E-state index in [-0.39, 0.29) is 29.1 Å². The number of halogens is 1. The van der Waals surface area contributed by atoms with Gasteiger partial charge in [0.05, 0.1) is 6.10 Å². The predicted molar refractivity (Wildman–Crippen MR) is 93.3 cm³/mol. The van der Waals surface area contributed by atoms with E-state index >= 15 is 0 Å². The molecule has 0 saturated carbocycles. The Kier molecular flexibility index (Phi) is 5.40. The second-order valence-corrected chi connectivity index (χ2v) is 5.84. The first-order valence-electron chi connectivity index (χ1n) is 8.18. The molecule has 5 nitrogen and oxygen atoms in total. The molecule has 25 heavy (non-hydrogen) atoms. The summed E-state index contributed by atoms with van der Waals surface area (Å²) in [6, 6.07) is 10.4. The highest BCUT2D eigenvalue weighted by atomic mass is 19.1. The van der Waals surface area contributed by atoms with E-state index in [4.69, 9.17) is 4.74 Å². The minimum atomic E-state index is -0.381. The maximum Gasteiger partial charge on any atom is 0.268 e. The van der Waals surface area contributed by atoms with E-state index in [1.807, 2.05) is 0 Å². The maximum atomic E-state index is 13.1. The van der Waals surface area contributed by atoms with E-state index in [9.17, 15) is 14.0 Å². The standard InChI is InChI=1S/C19H19FN2O3/c20-15-8-6-14(7-9-15)12-17(22-10-2-1-5-18(22)23)19(24)21-13-16-4-3-11-25-16/h1-2,5-10,12,16H,3-4,11,13H2,(H,21,24). The van der Waals surface area contributed by atoms with Gasteiger partial charge in [0.2, 0.25) is 0 Å². The number of nitrogens with zero attached hydrogens (tertiary/aromatic N) is 1. The third kappa shape index (κ3) is 4.42. The summed E-state index contributed by atoms with van der Waals surface area (Å²) < 4.78 is 19.9. The largest absolute Gasteiger partial charge is 0.376 e. The fourth-order valence-electron chi connectivity index (χ4n) is 2.69. The van der Waals surface area contributed by atoms with Gasteiger partial charge in [0.1, 0.15) is 11.5 Å². The van der Waals surface area contributed by atoms with Crippen LogP contribution in [0.4, 0.5) is 4.39 Å². The lowest BCUT2D eigenvalue weighted by Gasteiger charge is -2.14. The predicted octanol–water partition coefficient (Wildman–Crippen LogP) is 2.28. The monoisotopic (exact) mass is 342 g/mol. The smallest absolute Gasteiger partial charge is 0.268 e. The number of benzene rings is 1. The summed E-state index contributed by atoms with van der Waals surface area (Å²) in [5, 5.41) is 2.82. The van der Waals surface area contributed by atoms with E-state index in [1.54, 1.807) is 30.3 Å². The van der Waals surface area contributed by atoms with Gasteiger partial charge in [0.25, 0.3) is 11.5 Å². The molecule has 1 N–H and O–H groups in total. The lowest BCUT2D eigenvalue weighted by atomic mass is 10.1. The van der Waals surface area contributed by atoms with Crippen LogP contribution in [0.1, 0.15) is 18.4 Å². The van der Waals surface area contributed by atoms with E-state index < -0.39 is 0 Å². The van der Waals surface area contributed by atoms with Gasteiger partial charge in [0, 0.05) is 25.4 Å². The zero-order valence-electron chi connectivity index (χ0n) is 13.7. The second kappa shape index (κ2) is 7.90. The van der Waals surface area contributed by atoms with Crippen molar-refractivity contribution in [2.24, 2.45) is 0 Å². The zero-order chi connectivity index (χ0) is 17.6. The minimum absolute atomic E-state index is 0.00326. The molecule has 1 fully saturated rings. The SMILES string of the molecule is O=C(NCC1CCCO1)C(=Cc1ccc(F)cc1)n1ccccc1=O. The molecule has 1 aromatic carbocycles. The van der Waals surface area contributed by atoms with Crippen molar-refractivity contribution < 1.29 is 13.9 Å². The highest BCUT2D eigenvalue weighted by Gasteiger charge is 2.18. The summed E-state index contributed by atoms with van der Waals surface area (Å²) >= 11 is 0. The third-order valence-electron chi connectivity index (χ3n) is 4.00. The number of carbonyl (C=O) groups is 1. The number of hydrogen-bond donors (Lipinski definition) is 1. The molecule has 3 rings (SSSR count). The average molecular weight is 342 g/mol. The van der Waals surface area contributed by atoms with Gasteiger partial charge in [-0.15, -0.1) is 0 Å². The maximum absolute atomic E-state index is 13.1. The van der Waals surface area contributed by atoms with Crippen molar-refractivity contribution >= 4 is 17.7 Å².